The maximum atomic E-state index is 15.1. The molecule has 1 N–H and O–H groups in total. The van der Waals surface area contributed by atoms with Crippen molar-refractivity contribution in [2.75, 3.05) is 0 Å². The molecule has 0 radical (unpaired) electrons. The maximum Gasteiger partial charge on any atom is 0.305 e. The number of rotatable bonds is 23. The van der Waals surface area contributed by atoms with Crippen LogP contribution in [-0.4, -0.2) is 65.1 Å². The third kappa shape index (κ3) is 15.8. The highest BCUT2D eigenvalue weighted by Gasteiger charge is 2.50. The molecule has 1 rings (SSSR count). The molecule has 0 bridgehead atoms. The first-order valence-corrected chi connectivity index (χ1v) is 31.3. The summed E-state index contributed by atoms with van der Waals surface area (Å²) in [5.41, 5.74) is 2.45. The van der Waals surface area contributed by atoms with E-state index in [0.29, 0.717) is 6.42 Å². The molecule has 5 unspecified atom stereocenters. The Balaban J connectivity index is 3.50. The van der Waals surface area contributed by atoms with Crippen LogP contribution in [0.5, 0.6) is 0 Å². The van der Waals surface area contributed by atoms with Gasteiger partial charge in [0.15, 0.2) is 25.0 Å². The topological polar surface area (TPSA) is 95.0 Å². The number of carbonyl (C=O) groups excluding carboxylic acids is 1. The van der Waals surface area contributed by atoms with Crippen molar-refractivity contribution >= 4 is 54.1 Å². The molecule has 0 amide bonds. The third-order valence-electron chi connectivity index (χ3n) is 13.7. The van der Waals surface area contributed by atoms with Crippen LogP contribution in [0, 0.1) is 24.2 Å². The summed E-state index contributed by atoms with van der Waals surface area (Å²) in [5, 5.41) is 13.1. The minimum atomic E-state index is -2.42. The van der Waals surface area contributed by atoms with E-state index >= 15 is 4.79 Å². The number of ketones is 1. The molecule has 1 aromatic rings. The van der Waals surface area contributed by atoms with Gasteiger partial charge in [-0.15, -0.1) is 17.9 Å². The fourth-order valence-electron chi connectivity index (χ4n) is 6.36. The average Bonchev–Trinajstić information content (AvgIpc) is 3.45. The summed E-state index contributed by atoms with van der Waals surface area (Å²) in [6.45, 7) is 49.9. The number of carboxylic acids is 1. The van der Waals surface area contributed by atoms with Crippen LogP contribution >= 0.6 is 11.3 Å². The minimum absolute atomic E-state index is 0.00648. The number of Topliss-reactive ketones (excluding diaryl/α,β-unsaturated/α-hetero) is 1. The Morgan fingerprint density at radius 2 is 1.34 bits per heavy atom. The molecular formula is C47H87NO6SSi3. The van der Waals surface area contributed by atoms with E-state index < -0.39 is 48.4 Å². The predicted molar refractivity (Wildman–Crippen MR) is 257 cm³/mol. The van der Waals surface area contributed by atoms with Gasteiger partial charge in [-0.05, 0) is 125 Å². The van der Waals surface area contributed by atoms with Gasteiger partial charge < -0.3 is 18.4 Å². The zero-order valence-corrected chi connectivity index (χ0v) is 44.8. The van der Waals surface area contributed by atoms with Crippen LogP contribution in [0.1, 0.15) is 146 Å². The van der Waals surface area contributed by atoms with Crippen LogP contribution < -0.4 is 0 Å². The molecule has 0 fully saturated rings. The number of allylic oxidation sites excluding steroid dienone is 2. The smallest absolute Gasteiger partial charge is 0.305 e. The summed E-state index contributed by atoms with van der Waals surface area (Å²) in [5.74, 6) is -1.38. The van der Waals surface area contributed by atoms with E-state index in [4.69, 9.17) is 18.3 Å². The van der Waals surface area contributed by atoms with Crippen LogP contribution in [0.4, 0.5) is 0 Å². The van der Waals surface area contributed by atoms with Crippen molar-refractivity contribution in [3.05, 3.63) is 46.0 Å². The lowest BCUT2D eigenvalue weighted by Crippen LogP contribution is -2.55. The van der Waals surface area contributed by atoms with Crippen LogP contribution in [0.2, 0.25) is 54.4 Å². The van der Waals surface area contributed by atoms with Gasteiger partial charge in [0.25, 0.3) is 0 Å². The van der Waals surface area contributed by atoms with Crippen molar-refractivity contribution in [3.63, 3.8) is 0 Å². The van der Waals surface area contributed by atoms with Gasteiger partial charge in [-0.25, -0.2) is 4.98 Å². The van der Waals surface area contributed by atoms with Gasteiger partial charge in [0.1, 0.15) is 5.78 Å². The lowest BCUT2D eigenvalue weighted by Gasteiger charge is -2.47. The van der Waals surface area contributed by atoms with Crippen LogP contribution in [-0.2, 0) is 22.9 Å². The normalized spacial score (nSPS) is 17.1. The largest absolute Gasteiger partial charge is 0.481 e. The van der Waals surface area contributed by atoms with Crippen LogP contribution in [0.3, 0.4) is 0 Å². The molecular weight excluding hydrogens is 791 g/mol. The van der Waals surface area contributed by atoms with E-state index in [0.717, 1.165) is 36.4 Å². The van der Waals surface area contributed by atoms with Gasteiger partial charge in [0.2, 0.25) is 0 Å². The quantitative estimate of drug-likeness (QED) is 0.0864. The summed E-state index contributed by atoms with van der Waals surface area (Å²) >= 11 is 1.67. The predicted octanol–water partition coefficient (Wildman–Crippen LogP) is 14.4. The summed E-state index contributed by atoms with van der Waals surface area (Å²) < 4.78 is 21.1. The second kappa shape index (κ2) is 21.1. The average molecular weight is 879 g/mol. The lowest BCUT2D eigenvalue weighted by molar-refractivity contribution is -0.146. The number of nitrogens with zero attached hydrogens (tertiary/aromatic N) is 1. The van der Waals surface area contributed by atoms with Crippen molar-refractivity contribution in [1.82, 2.24) is 4.98 Å². The summed E-state index contributed by atoms with van der Waals surface area (Å²) in [4.78, 5) is 32.0. The van der Waals surface area contributed by atoms with Gasteiger partial charge in [0, 0.05) is 16.7 Å². The molecule has 58 heavy (non-hydrogen) atoms. The van der Waals surface area contributed by atoms with E-state index in [9.17, 15) is 9.90 Å². The van der Waals surface area contributed by atoms with Gasteiger partial charge in [0.05, 0.1) is 35.4 Å². The second-order valence-electron chi connectivity index (χ2n) is 22.2. The lowest BCUT2D eigenvalue weighted by atomic mass is 9.71. The van der Waals surface area contributed by atoms with Gasteiger partial charge in [-0.3, -0.25) is 9.59 Å². The Bertz CT molecular complexity index is 1570. The molecule has 0 spiro atoms. The molecule has 334 valence electrons. The van der Waals surface area contributed by atoms with Crippen molar-refractivity contribution < 1.29 is 28.0 Å². The highest BCUT2D eigenvalue weighted by atomic mass is 32.1. The van der Waals surface area contributed by atoms with Crippen LogP contribution in [0.15, 0.2) is 35.3 Å². The fourth-order valence-corrected chi connectivity index (χ4v) is 11.2. The number of hydrogen-bond donors (Lipinski definition) is 1. The third-order valence-corrected chi connectivity index (χ3v) is 27.9. The first kappa shape index (κ1) is 54.5. The van der Waals surface area contributed by atoms with E-state index in [2.05, 4.69) is 146 Å². The summed E-state index contributed by atoms with van der Waals surface area (Å²) in [6.07, 6.45) is 9.01. The number of thiazole rings is 1. The first-order valence-electron chi connectivity index (χ1n) is 21.7. The number of carbonyl (C=O) groups is 2. The maximum absolute atomic E-state index is 15.1. The molecule has 0 aromatic carbocycles. The number of aromatic nitrogens is 1. The van der Waals surface area contributed by atoms with Gasteiger partial charge in [-0.2, -0.15) is 0 Å². The molecule has 0 saturated carbocycles. The summed E-state index contributed by atoms with van der Waals surface area (Å²) in [6, 6.07) is 0. The van der Waals surface area contributed by atoms with Crippen molar-refractivity contribution in [2.45, 2.75) is 215 Å². The van der Waals surface area contributed by atoms with Gasteiger partial charge >= 0.3 is 5.97 Å². The molecule has 0 aliphatic heterocycles. The second-order valence-corrected chi connectivity index (χ2v) is 37.6. The molecule has 0 aliphatic rings. The Morgan fingerprint density at radius 1 is 0.845 bits per heavy atom. The Kier molecular flexibility index (Phi) is 19.8. The molecule has 7 nitrogen and oxygen atoms in total. The molecule has 1 heterocycles. The Hall–Kier alpha value is -1.48. The Labute approximate surface area is 363 Å². The van der Waals surface area contributed by atoms with Crippen molar-refractivity contribution in [1.29, 1.82) is 0 Å². The molecule has 1 aromatic heterocycles. The van der Waals surface area contributed by atoms with E-state index in [1.54, 1.807) is 11.3 Å². The summed E-state index contributed by atoms with van der Waals surface area (Å²) in [7, 11) is -6.80. The zero-order valence-electron chi connectivity index (χ0n) is 41.0. The minimum Gasteiger partial charge on any atom is -0.481 e. The number of aryl methyl sites for hydroxylation is 1. The van der Waals surface area contributed by atoms with E-state index in [1.165, 1.54) is 11.1 Å². The highest BCUT2D eigenvalue weighted by Crippen LogP contribution is 2.45. The Morgan fingerprint density at radius 3 is 1.79 bits per heavy atom. The molecule has 5 atom stereocenters. The van der Waals surface area contributed by atoms with Crippen LogP contribution in [0.25, 0.3) is 6.08 Å². The zero-order chi connectivity index (χ0) is 45.5. The van der Waals surface area contributed by atoms with Crippen molar-refractivity contribution in [3.8, 4) is 0 Å². The molecule has 11 heteroatoms. The van der Waals surface area contributed by atoms with E-state index in [-0.39, 0.29) is 45.4 Å². The first-order chi connectivity index (χ1) is 26.0. The SMILES string of the molecule is C=CCC(C(=O)C(C)(C)C(CC(=O)O)O[Si](C)(C)C(C)(C)C)C(O[Si](C)(C)C(C)(C)C)C(C)CCCC(C)=CCC(O[Si](C)(C)C(C)(C)C)C(C)=Cc1csc(C)n1. The fraction of sp³-hybridized carbons (Fsp3) is 0.766. The standard InChI is InChI=1S/C47H87NO6SSi3/c1-23-25-38(43(51)47(15,16)40(31-41(49)50)53-57(19,20)45(9,10)11)42(54-58(21,22)46(12,13)14)34(3)27-24-26-33(2)28-29-39(52-56(17,18)44(6,7)8)35(4)30-37-32-55-36(5)48-37/h23,28,30,32,34,38-40,42H,1,24-27,29,31H2,2-22H3,(H,49,50). The van der Waals surface area contributed by atoms with E-state index in [1.807, 2.05) is 26.8 Å². The number of carboxylic acid groups (broad SMARTS) is 1. The number of hydrogen-bond acceptors (Lipinski definition) is 7. The molecule has 0 aliphatic carbocycles. The van der Waals surface area contributed by atoms with Crippen molar-refractivity contribution in [2.24, 2.45) is 17.3 Å². The number of aliphatic carboxylic acids is 1. The highest BCUT2D eigenvalue weighted by molar-refractivity contribution is 7.09. The molecule has 0 saturated heterocycles. The van der Waals surface area contributed by atoms with Gasteiger partial charge in [-0.1, -0.05) is 101 Å². The monoisotopic (exact) mass is 878 g/mol.